The van der Waals surface area contributed by atoms with E-state index < -0.39 is 6.10 Å². The molecule has 0 fully saturated rings. The third-order valence-electron chi connectivity index (χ3n) is 3.64. The van der Waals surface area contributed by atoms with Crippen LogP contribution >= 0.6 is 15.9 Å². The van der Waals surface area contributed by atoms with Crippen molar-refractivity contribution in [1.82, 2.24) is 9.78 Å². The van der Waals surface area contributed by atoms with Crippen LogP contribution in [0, 0.1) is 6.92 Å². The average Bonchev–Trinajstić information content (AvgIpc) is 2.65. The number of aliphatic hydroxyl groups is 1. The molecule has 2 aromatic rings. The number of aliphatic hydroxyl groups excluding tert-OH is 1. The van der Waals surface area contributed by atoms with Crippen LogP contribution < -0.4 is 0 Å². The Balaban J connectivity index is 2.17. The van der Waals surface area contributed by atoms with Crippen molar-refractivity contribution in [2.75, 3.05) is 0 Å². The first-order valence-electron chi connectivity index (χ1n) is 6.86. The molecule has 4 heteroatoms. The van der Waals surface area contributed by atoms with Crippen molar-refractivity contribution in [3.05, 3.63) is 51.3 Å². The second-order valence-electron chi connectivity index (χ2n) is 5.51. The van der Waals surface area contributed by atoms with E-state index in [9.17, 15) is 5.11 Å². The highest BCUT2D eigenvalue weighted by atomic mass is 79.9. The summed E-state index contributed by atoms with van der Waals surface area (Å²) >= 11 is 3.54. The Labute approximate surface area is 128 Å². The zero-order valence-electron chi connectivity index (χ0n) is 12.4. The molecular formula is C16H21BrN2O. The van der Waals surface area contributed by atoms with Gasteiger partial charge in [0.15, 0.2) is 0 Å². The van der Waals surface area contributed by atoms with E-state index in [2.05, 4.69) is 47.0 Å². The predicted octanol–water partition coefficient (Wildman–Crippen LogP) is 3.89. The number of benzene rings is 1. The third kappa shape index (κ3) is 3.13. The lowest BCUT2D eigenvalue weighted by Crippen LogP contribution is -2.07. The molecule has 1 unspecified atom stereocenters. The van der Waals surface area contributed by atoms with Crippen molar-refractivity contribution in [3.63, 3.8) is 0 Å². The molecule has 3 nitrogen and oxygen atoms in total. The molecule has 1 aromatic carbocycles. The van der Waals surface area contributed by atoms with Crippen molar-refractivity contribution in [1.29, 1.82) is 0 Å². The second-order valence-corrected chi connectivity index (χ2v) is 6.30. The van der Waals surface area contributed by atoms with Crippen molar-refractivity contribution < 1.29 is 5.11 Å². The van der Waals surface area contributed by atoms with Crippen LogP contribution in [0.2, 0.25) is 0 Å². The van der Waals surface area contributed by atoms with E-state index in [1.807, 2.05) is 30.8 Å². The molecule has 2 rings (SSSR count). The van der Waals surface area contributed by atoms with Gasteiger partial charge in [-0.2, -0.15) is 5.10 Å². The fourth-order valence-electron chi connectivity index (χ4n) is 2.31. The molecule has 0 aliphatic carbocycles. The monoisotopic (exact) mass is 336 g/mol. The van der Waals surface area contributed by atoms with Crippen LogP contribution in [0.25, 0.3) is 0 Å². The van der Waals surface area contributed by atoms with Crippen LogP contribution in [0.15, 0.2) is 28.7 Å². The van der Waals surface area contributed by atoms with Gasteiger partial charge in [-0.05, 0) is 39.9 Å². The number of halogens is 1. The molecule has 0 aliphatic rings. The maximum Gasteiger partial charge on any atom is 0.0845 e. The molecule has 0 spiro atoms. The Kier molecular flexibility index (Phi) is 4.66. The molecule has 0 amide bonds. The van der Waals surface area contributed by atoms with Crippen molar-refractivity contribution in [3.8, 4) is 0 Å². The van der Waals surface area contributed by atoms with E-state index in [0.29, 0.717) is 12.3 Å². The van der Waals surface area contributed by atoms with Crippen molar-refractivity contribution in [2.24, 2.45) is 7.05 Å². The van der Waals surface area contributed by atoms with Gasteiger partial charge in [-0.3, -0.25) is 4.68 Å². The van der Waals surface area contributed by atoms with E-state index in [4.69, 9.17) is 0 Å². The molecule has 1 heterocycles. The van der Waals surface area contributed by atoms with Gasteiger partial charge in [-0.25, -0.2) is 0 Å². The predicted molar refractivity (Wildman–Crippen MR) is 84.8 cm³/mol. The molecule has 1 N–H and O–H groups in total. The molecular weight excluding hydrogens is 316 g/mol. The zero-order chi connectivity index (χ0) is 14.9. The van der Waals surface area contributed by atoms with Crippen LogP contribution in [0.1, 0.15) is 48.4 Å². The van der Waals surface area contributed by atoms with Gasteiger partial charge in [0.25, 0.3) is 0 Å². The summed E-state index contributed by atoms with van der Waals surface area (Å²) in [5.74, 6) is 0.509. The van der Waals surface area contributed by atoms with E-state index >= 15 is 0 Å². The fourth-order valence-corrected chi connectivity index (χ4v) is 2.80. The number of hydrogen-bond donors (Lipinski definition) is 1. The molecule has 108 valence electrons. The first kappa shape index (κ1) is 15.3. The summed E-state index contributed by atoms with van der Waals surface area (Å²) in [5, 5.41) is 14.8. The summed E-state index contributed by atoms with van der Waals surface area (Å²) in [7, 11) is 1.90. The lowest BCUT2D eigenvalue weighted by Gasteiger charge is -2.13. The van der Waals surface area contributed by atoms with Crippen LogP contribution in [0.4, 0.5) is 0 Å². The van der Waals surface area contributed by atoms with Gasteiger partial charge in [0.1, 0.15) is 0 Å². The molecule has 0 radical (unpaired) electrons. The highest BCUT2D eigenvalue weighted by molar-refractivity contribution is 9.10. The summed E-state index contributed by atoms with van der Waals surface area (Å²) in [6.45, 7) is 6.29. The molecule has 1 atom stereocenters. The van der Waals surface area contributed by atoms with Crippen molar-refractivity contribution in [2.45, 2.75) is 39.2 Å². The third-order valence-corrected chi connectivity index (χ3v) is 4.67. The molecule has 0 aliphatic heterocycles. The van der Waals surface area contributed by atoms with Gasteiger partial charge < -0.3 is 5.11 Å². The molecule has 0 bridgehead atoms. The maximum absolute atomic E-state index is 10.4. The normalized spacial score (nSPS) is 12.9. The SMILES string of the molecule is Cc1nn(C)c(CC(O)c2ccc(C(C)C)cc2)c1Br. The largest absolute Gasteiger partial charge is 0.388 e. The van der Waals surface area contributed by atoms with Gasteiger partial charge in [0, 0.05) is 13.5 Å². The number of aryl methyl sites for hydroxylation is 2. The van der Waals surface area contributed by atoms with Crippen LogP contribution in [0.5, 0.6) is 0 Å². The smallest absolute Gasteiger partial charge is 0.0845 e. The van der Waals surface area contributed by atoms with E-state index in [1.54, 1.807) is 0 Å². The van der Waals surface area contributed by atoms with E-state index in [1.165, 1.54) is 5.56 Å². The van der Waals surface area contributed by atoms with Gasteiger partial charge in [0.05, 0.1) is 22.0 Å². The molecule has 0 saturated heterocycles. The minimum absolute atomic E-state index is 0.509. The molecule has 0 saturated carbocycles. The van der Waals surface area contributed by atoms with Gasteiger partial charge in [0.2, 0.25) is 0 Å². The maximum atomic E-state index is 10.4. The lowest BCUT2D eigenvalue weighted by atomic mass is 9.98. The van der Waals surface area contributed by atoms with Crippen molar-refractivity contribution >= 4 is 15.9 Å². The van der Waals surface area contributed by atoms with Gasteiger partial charge in [-0.1, -0.05) is 38.1 Å². The summed E-state index contributed by atoms with van der Waals surface area (Å²) in [6, 6.07) is 8.20. The number of aromatic nitrogens is 2. The first-order valence-corrected chi connectivity index (χ1v) is 7.65. The summed E-state index contributed by atoms with van der Waals surface area (Å²) in [5.41, 5.74) is 4.20. The molecule has 20 heavy (non-hydrogen) atoms. The van der Waals surface area contributed by atoms with E-state index in [0.717, 1.165) is 21.4 Å². The Bertz CT molecular complexity index is 587. The van der Waals surface area contributed by atoms with Crippen LogP contribution in [0.3, 0.4) is 0 Å². The topological polar surface area (TPSA) is 38.0 Å². The Morgan fingerprint density at radius 3 is 2.20 bits per heavy atom. The fraction of sp³-hybridized carbons (Fsp3) is 0.438. The Morgan fingerprint density at radius 1 is 1.20 bits per heavy atom. The Morgan fingerprint density at radius 2 is 1.75 bits per heavy atom. The quantitative estimate of drug-likeness (QED) is 0.919. The lowest BCUT2D eigenvalue weighted by molar-refractivity contribution is 0.175. The van der Waals surface area contributed by atoms with E-state index in [-0.39, 0.29) is 0 Å². The minimum atomic E-state index is -0.512. The summed E-state index contributed by atoms with van der Waals surface area (Å²) in [4.78, 5) is 0. The van der Waals surface area contributed by atoms with Crippen LogP contribution in [-0.2, 0) is 13.5 Å². The minimum Gasteiger partial charge on any atom is -0.388 e. The number of nitrogens with zero attached hydrogens (tertiary/aromatic N) is 2. The second kappa shape index (κ2) is 6.10. The average molecular weight is 337 g/mol. The Hall–Kier alpha value is -1.13. The number of rotatable bonds is 4. The molecule has 1 aromatic heterocycles. The summed E-state index contributed by atoms with van der Waals surface area (Å²) in [6.07, 6.45) is 0.0428. The highest BCUT2D eigenvalue weighted by Crippen LogP contribution is 2.26. The summed E-state index contributed by atoms with van der Waals surface area (Å²) < 4.78 is 2.81. The number of hydrogen-bond acceptors (Lipinski definition) is 2. The van der Waals surface area contributed by atoms with Gasteiger partial charge >= 0.3 is 0 Å². The van der Waals surface area contributed by atoms with Gasteiger partial charge in [-0.15, -0.1) is 0 Å². The first-order chi connectivity index (χ1) is 9.40. The van der Waals surface area contributed by atoms with Crippen LogP contribution in [-0.4, -0.2) is 14.9 Å². The standard InChI is InChI=1S/C16H21BrN2O/c1-10(2)12-5-7-13(8-6-12)15(20)9-14-16(17)11(3)18-19(14)4/h5-8,10,15,20H,9H2,1-4H3. The zero-order valence-corrected chi connectivity index (χ0v) is 14.0. The highest BCUT2D eigenvalue weighted by Gasteiger charge is 2.16.